The number of halogens is 9. The molecule has 99 heavy (non-hydrogen) atoms. The van der Waals surface area contributed by atoms with Crippen LogP contribution < -0.4 is 33.7 Å². The van der Waals surface area contributed by atoms with Gasteiger partial charge in [-0.3, -0.25) is 42.7 Å². The number of hydrogen-bond donors (Lipinski definition) is 7. The maximum atomic E-state index is 13.6. The summed E-state index contributed by atoms with van der Waals surface area (Å²) in [7, 11) is -1.60. The zero-order valence-corrected chi connectivity index (χ0v) is 58.7. The molecular weight excluding hydrogens is 1480 g/mol. The predicted molar refractivity (Wildman–Crippen MR) is 376 cm³/mol. The van der Waals surface area contributed by atoms with E-state index in [2.05, 4.69) is 67.0 Å². The molecule has 0 bridgehead atoms. The van der Waals surface area contributed by atoms with E-state index >= 15 is 0 Å². The first-order valence-electron chi connectivity index (χ1n) is 30.8. The summed E-state index contributed by atoms with van der Waals surface area (Å²) in [6, 6.07) is 23.1. The molecule has 0 radical (unpaired) electrons. The van der Waals surface area contributed by atoms with Gasteiger partial charge in [0.1, 0.15) is 44.1 Å². The van der Waals surface area contributed by atoms with Crippen molar-refractivity contribution < 1.29 is 51.6 Å². The maximum Gasteiger partial charge on any atom is 0.488 e. The summed E-state index contributed by atoms with van der Waals surface area (Å²) in [4.78, 5) is 65.2. The number of nitrogens with zero attached hydrogens (tertiary/aromatic N) is 10. The molecule has 4 unspecified atom stereocenters. The van der Waals surface area contributed by atoms with Crippen molar-refractivity contribution in [1.29, 1.82) is 0 Å². The van der Waals surface area contributed by atoms with Crippen LogP contribution in [0.3, 0.4) is 0 Å². The summed E-state index contributed by atoms with van der Waals surface area (Å²) in [5.41, 5.74) is 31.1. The molecule has 0 spiro atoms. The number of aromatic nitrogens is 8. The number of benzene rings is 5. The van der Waals surface area contributed by atoms with Crippen molar-refractivity contribution >= 4 is 117 Å². The van der Waals surface area contributed by atoms with Crippen molar-refractivity contribution in [3.05, 3.63) is 206 Å². The molecule has 4 aliphatic heterocycles. The van der Waals surface area contributed by atoms with Gasteiger partial charge >= 0.3 is 7.12 Å². The normalized spacial score (nSPS) is 16.4. The standard InChI is InChI=1S/C23H19ClFN5O2.C15H15ClFN3O.C14H14ClFN4O.C9H12IN3O.C6H5BClFO2/c1-13-11-30-19(12-29(13)20(31)9-14-3-6-16(27-2)7-4-14)21(23(26)32)22(28-30)15-5-8-18(25)17(24)10-15;1-8-2-5-12-13(15(18)21)14(19-20(12)7-8)9-3-4-11(17)10(16)6-9;1-7-6-20-11(5-18-7)12(14(17)21)13(19-20)8-2-3-10(16)9(15)4-8;1-5-2-3-6-7(9(11)14)8(10)12-13(6)4-5;8-5-3-4(7(10)11)1-2-6(5)9/h3-8,10,13H,9,11-12H2,1H3,(H2,26,32);3-4,6,8H,2,5,7H2,1H3,(H2,18,21);2-4,7,18H,5-6H2,1H3,(H2,17,21);5H,2-4H2,1H3,(H2,11,14);1-3,10-11H. The van der Waals surface area contributed by atoms with Crippen molar-refractivity contribution in [2.75, 3.05) is 0 Å². The van der Waals surface area contributed by atoms with Crippen LogP contribution >= 0.6 is 69.0 Å². The molecule has 4 atom stereocenters. The topological polar surface area (TPSA) is 321 Å². The highest BCUT2D eigenvalue weighted by molar-refractivity contribution is 14.1. The van der Waals surface area contributed by atoms with Gasteiger partial charge < -0.3 is 43.2 Å². The van der Waals surface area contributed by atoms with Crippen LogP contribution in [0.2, 0.25) is 20.1 Å². The Morgan fingerprint density at radius 3 is 1.40 bits per heavy atom. The Labute approximate surface area is 599 Å². The number of amides is 5. The lowest BCUT2D eigenvalue weighted by atomic mass is 9.80. The van der Waals surface area contributed by atoms with E-state index in [1.54, 1.807) is 50.7 Å². The van der Waals surface area contributed by atoms with Gasteiger partial charge in [-0.05, 0) is 152 Å². The highest BCUT2D eigenvalue weighted by Gasteiger charge is 2.35. The number of carbonyl (C=O) groups is 5. The van der Waals surface area contributed by atoms with Crippen molar-refractivity contribution in [1.82, 2.24) is 49.3 Å². The van der Waals surface area contributed by atoms with E-state index in [1.165, 1.54) is 54.6 Å². The lowest BCUT2D eigenvalue weighted by Gasteiger charge is -2.34. The lowest BCUT2D eigenvalue weighted by molar-refractivity contribution is -0.134. The fourth-order valence-electron chi connectivity index (χ4n) is 11.7. The average molecular weight is 1550 g/mol. The van der Waals surface area contributed by atoms with Gasteiger partial charge in [-0.25, -0.2) is 22.4 Å². The van der Waals surface area contributed by atoms with Gasteiger partial charge in [0, 0.05) is 48.4 Å². The second-order valence-corrected chi connectivity index (χ2v) is 26.8. The van der Waals surface area contributed by atoms with Crippen LogP contribution in [0.15, 0.2) is 97.1 Å². The van der Waals surface area contributed by atoms with E-state index in [0.717, 1.165) is 71.2 Å². The largest absolute Gasteiger partial charge is 0.488 e. The van der Waals surface area contributed by atoms with Gasteiger partial charge in [0.25, 0.3) is 23.6 Å². The highest BCUT2D eigenvalue weighted by Crippen LogP contribution is 2.36. The van der Waals surface area contributed by atoms with E-state index in [-0.39, 0.29) is 68.0 Å². The third-order valence-corrected chi connectivity index (χ3v) is 18.7. The molecule has 8 heterocycles. The molecule has 4 aliphatic rings. The number of hydrogen-bond acceptors (Lipinski definition) is 12. The van der Waals surface area contributed by atoms with E-state index in [1.807, 2.05) is 23.2 Å². The molecule has 0 fully saturated rings. The molecule has 11 N–H and O–H groups in total. The van der Waals surface area contributed by atoms with E-state index in [4.69, 9.17) is 86.0 Å². The summed E-state index contributed by atoms with van der Waals surface area (Å²) in [5, 5.41) is 38.1. The van der Waals surface area contributed by atoms with Crippen LogP contribution in [0.1, 0.15) is 110 Å². The monoisotopic (exact) mass is 1550 g/mol. The molecule has 13 rings (SSSR count). The van der Waals surface area contributed by atoms with Gasteiger partial charge in [-0.15, -0.1) is 0 Å². The number of fused-ring (bicyclic) bond motifs is 4. The summed E-state index contributed by atoms with van der Waals surface area (Å²) >= 11 is 25.0. The third-order valence-electron chi connectivity index (χ3n) is 16.8. The van der Waals surface area contributed by atoms with Gasteiger partial charge in [0.05, 0.1) is 97.7 Å². The minimum Gasteiger partial charge on any atom is -0.423 e. The minimum atomic E-state index is -1.60. The van der Waals surface area contributed by atoms with Crippen LogP contribution in [-0.4, -0.2) is 103 Å². The minimum absolute atomic E-state index is 0.00209. The third kappa shape index (κ3) is 17.3. The van der Waals surface area contributed by atoms with Crippen LogP contribution in [0.5, 0.6) is 0 Å². The summed E-state index contributed by atoms with van der Waals surface area (Å²) in [6.45, 7) is 18.7. The molecule has 0 aliphatic carbocycles. The quantitative estimate of drug-likeness (QED) is 0.0291. The van der Waals surface area contributed by atoms with Crippen LogP contribution in [0.4, 0.5) is 23.2 Å². The Balaban J connectivity index is 0.000000151. The SMILES string of the molecule is CC1CCc2c(C(N)=O)c(-c3ccc(F)c(Cl)c3)nn2C1.CC1CCc2c(C(N)=O)c(I)nn2C1.CC1Cn2nc(-c3ccc(F)c(Cl)c3)c(C(N)=O)c2CN1.OB(O)c1ccc(F)c(Cl)c1.[C-]#[N+]c1ccc(CC(=O)N2Cc3c(C(N)=O)c(-c4ccc(F)c(Cl)c4)nn3CC2C)cc1. The van der Waals surface area contributed by atoms with Crippen molar-refractivity contribution in [3.8, 4) is 33.8 Å². The Kier molecular flexibility index (Phi) is 24.2. The summed E-state index contributed by atoms with van der Waals surface area (Å²) in [6.07, 6.45) is 3.96. The van der Waals surface area contributed by atoms with Crippen molar-refractivity contribution in [2.45, 2.75) is 111 Å². The molecular formula is C67H65BCl4F4IN15O7. The number of nitrogens with two attached hydrogens (primary N) is 4. The van der Waals surface area contributed by atoms with E-state index < -0.39 is 48.1 Å². The zero-order valence-electron chi connectivity index (χ0n) is 53.5. The molecule has 0 saturated heterocycles. The highest BCUT2D eigenvalue weighted by atomic mass is 127. The van der Waals surface area contributed by atoms with Crippen LogP contribution in [-0.2, 0) is 63.3 Å². The lowest BCUT2D eigenvalue weighted by Crippen LogP contribution is -2.46. The van der Waals surface area contributed by atoms with E-state index in [9.17, 15) is 41.5 Å². The molecule has 4 aromatic heterocycles. The Bertz CT molecular complexity index is 4520. The molecule has 32 heteroatoms. The van der Waals surface area contributed by atoms with Gasteiger partial charge in [-0.1, -0.05) is 90.6 Å². The van der Waals surface area contributed by atoms with Crippen molar-refractivity contribution in [2.24, 2.45) is 34.8 Å². The van der Waals surface area contributed by atoms with Crippen LogP contribution in [0, 0.1) is 45.4 Å². The number of primary amides is 4. The first-order chi connectivity index (χ1) is 46.9. The molecule has 9 aromatic rings. The summed E-state index contributed by atoms with van der Waals surface area (Å²) < 4.78 is 60.6. The Hall–Kier alpha value is -8.67. The molecule has 0 saturated carbocycles. The first-order valence-corrected chi connectivity index (χ1v) is 33.4. The molecule has 22 nitrogen and oxygen atoms in total. The predicted octanol–water partition coefficient (Wildman–Crippen LogP) is 10.3. The number of nitrogens with one attached hydrogen (secondary N) is 1. The number of rotatable bonds is 10. The van der Waals surface area contributed by atoms with Crippen LogP contribution in [0.25, 0.3) is 38.6 Å². The van der Waals surface area contributed by atoms with E-state index in [0.29, 0.717) is 93.3 Å². The zero-order chi connectivity index (χ0) is 72.0. The molecule has 5 amide bonds. The van der Waals surface area contributed by atoms with Crippen molar-refractivity contribution in [3.63, 3.8) is 0 Å². The smallest absolute Gasteiger partial charge is 0.423 e. The molecule has 5 aromatic carbocycles. The first kappa shape index (κ1) is 74.6. The number of carbonyl (C=O) groups excluding carboxylic acids is 5. The summed E-state index contributed by atoms with van der Waals surface area (Å²) in [5.74, 6) is -3.23. The second-order valence-electron chi connectivity index (χ2n) is 24.1. The van der Waals surface area contributed by atoms with Gasteiger partial charge in [-0.2, -0.15) is 20.4 Å². The maximum absolute atomic E-state index is 13.6. The molecule has 516 valence electrons. The second kappa shape index (κ2) is 32.1. The Morgan fingerprint density at radius 2 is 0.970 bits per heavy atom. The van der Waals surface area contributed by atoms with Gasteiger partial charge in [0.15, 0.2) is 5.69 Å². The average Bonchev–Trinajstić information content (AvgIpc) is 1.63. The Morgan fingerprint density at radius 1 is 0.566 bits per heavy atom. The fourth-order valence-corrected chi connectivity index (χ4v) is 13.3. The van der Waals surface area contributed by atoms with Gasteiger partial charge in [0.2, 0.25) is 5.91 Å². The fraction of sp³-hybridized carbons (Fsp3) is 0.284.